The Morgan fingerprint density at radius 3 is 2.52 bits per heavy atom. The van der Waals surface area contributed by atoms with Crippen molar-refractivity contribution >= 4 is 11.6 Å². The van der Waals surface area contributed by atoms with Gasteiger partial charge in [0.1, 0.15) is 0 Å². The highest BCUT2D eigenvalue weighted by molar-refractivity contribution is 5.92. The molecule has 1 amide bonds. The van der Waals surface area contributed by atoms with Crippen LogP contribution in [-0.4, -0.2) is 33.3 Å². The minimum Gasteiger partial charge on any atom is -0.493 e. The smallest absolute Gasteiger partial charge is 0.228 e. The third-order valence-corrected chi connectivity index (χ3v) is 3.84. The molecule has 0 saturated carbocycles. The standard InChI is InChI=1S/C19H21NO5/c1-22-15-6-4-13(10-17(15)23-2)11-19(21)20-14-5-7-16-18(12-14)25-9-3-8-24-16/h4-7,10,12H,3,8-9,11H2,1-2H3,(H,20,21). The molecule has 3 rings (SSSR count). The van der Waals surface area contributed by atoms with Gasteiger partial charge in [-0.05, 0) is 29.8 Å². The monoisotopic (exact) mass is 343 g/mol. The van der Waals surface area contributed by atoms with Gasteiger partial charge in [-0.25, -0.2) is 0 Å². The molecule has 0 radical (unpaired) electrons. The summed E-state index contributed by atoms with van der Waals surface area (Å²) in [5.41, 5.74) is 1.51. The van der Waals surface area contributed by atoms with E-state index in [9.17, 15) is 4.79 Å². The van der Waals surface area contributed by atoms with Crippen molar-refractivity contribution in [2.75, 3.05) is 32.8 Å². The predicted octanol–water partition coefficient (Wildman–Crippen LogP) is 3.05. The highest BCUT2D eigenvalue weighted by atomic mass is 16.5. The van der Waals surface area contributed by atoms with Gasteiger partial charge in [0.05, 0.1) is 33.9 Å². The Hall–Kier alpha value is -2.89. The van der Waals surface area contributed by atoms with E-state index in [2.05, 4.69) is 5.32 Å². The molecule has 0 bridgehead atoms. The molecule has 1 aliphatic heterocycles. The zero-order chi connectivity index (χ0) is 17.6. The number of ether oxygens (including phenoxy) is 4. The molecule has 25 heavy (non-hydrogen) atoms. The van der Waals surface area contributed by atoms with E-state index in [1.807, 2.05) is 12.1 Å². The summed E-state index contributed by atoms with van der Waals surface area (Å²) < 4.78 is 21.7. The first-order valence-electron chi connectivity index (χ1n) is 8.10. The fraction of sp³-hybridized carbons (Fsp3) is 0.316. The van der Waals surface area contributed by atoms with Crippen LogP contribution in [0.25, 0.3) is 0 Å². The second-order valence-corrected chi connectivity index (χ2v) is 5.63. The van der Waals surface area contributed by atoms with Crippen LogP contribution >= 0.6 is 0 Å². The average Bonchev–Trinajstić information content (AvgIpc) is 2.86. The first-order valence-corrected chi connectivity index (χ1v) is 8.10. The van der Waals surface area contributed by atoms with Crippen molar-refractivity contribution in [3.8, 4) is 23.0 Å². The number of fused-ring (bicyclic) bond motifs is 1. The van der Waals surface area contributed by atoms with E-state index in [-0.39, 0.29) is 12.3 Å². The number of nitrogens with one attached hydrogen (secondary N) is 1. The third kappa shape index (κ3) is 4.15. The minimum atomic E-state index is -0.123. The predicted molar refractivity (Wildman–Crippen MR) is 93.9 cm³/mol. The first kappa shape index (κ1) is 17.0. The van der Waals surface area contributed by atoms with Gasteiger partial charge in [0, 0.05) is 18.2 Å². The lowest BCUT2D eigenvalue weighted by atomic mass is 10.1. The first-order chi connectivity index (χ1) is 12.2. The molecular formula is C19H21NO5. The van der Waals surface area contributed by atoms with E-state index in [0.717, 1.165) is 12.0 Å². The Bertz CT molecular complexity index is 759. The Morgan fingerprint density at radius 1 is 1.00 bits per heavy atom. The van der Waals surface area contributed by atoms with Gasteiger partial charge in [-0.2, -0.15) is 0 Å². The Kier molecular flexibility index (Phi) is 5.28. The number of hydrogen-bond acceptors (Lipinski definition) is 5. The summed E-state index contributed by atoms with van der Waals surface area (Å²) >= 11 is 0. The minimum absolute atomic E-state index is 0.123. The van der Waals surface area contributed by atoms with Gasteiger partial charge in [-0.3, -0.25) is 4.79 Å². The number of anilines is 1. The molecule has 132 valence electrons. The molecule has 2 aromatic carbocycles. The van der Waals surface area contributed by atoms with Crippen molar-refractivity contribution in [2.45, 2.75) is 12.8 Å². The van der Waals surface area contributed by atoms with Gasteiger partial charge >= 0.3 is 0 Å². The molecule has 0 fully saturated rings. The number of amides is 1. The molecule has 1 N–H and O–H groups in total. The molecule has 1 aliphatic rings. The lowest BCUT2D eigenvalue weighted by molar-refractivity contribution is -0.115. The van der Waals surface area contributed by atoms with E-state index in [0.29, 0.717) is 41.9 Å². The second-order valence-electron chi connectivity index (χ2n) is 5.63. The summed E-state index contributed by atoms with van der Waals surface area (Å²) in [7, 11) is 3.15. The fourth-order valence-corrected chi connectivity index (χ4v) is 2.62. The number of carbonyl (C=O) groups excluding carboxylic acids is 1. The molecule has 6 heteroatoms. The Labute approximate surface area is 146 Å². The fourth-order valence-electron chi connectivity index (χ4n) is 2.62. The molecule has 0 atom stereocenters. The lowest BCUT2D eigenvalue weighted by Crippen LogP contribution is -2.14. The van der Waals surface area contributed by atoms with Gasteiger partial charge in [0.2, 0.25) is 5.91 Å². The number of carbonyl (C=O) groups is 1. The summed E-state index contributed by atoms with van der Waals surface area (Å²) in [6.07, 6.45) is 1.07. The number of hydrogen-bond donors (Lipinski definition) is 1. The van der Waals surface area contributed by atoms with Crippen LogP contribution in [0.3, 0.4) is 0 Å². The quantitative estimate of drug-likeness (QED) is 0.904. The maximum atomic E-state index is 12.3. The molecule has 0 spiro atoms. The Morgan fingerprint density at radius 2 is 1.76 bits per heavy atom. The van der Waals surface area contributed by atoms with Crippen LogP contribution in [0.1, 0.15) is 12.0 Å². The Balaban J connectivity index is 1.67. The van der Waals surface area contributed by atoms with Crippen molar-refractivity contribution < 1.29 is 23.7 Å². The van der Waals surface area contributed by atoms with E-state index in [4.69, 9.17) is 18.9 Å². The van der Waals surface area contributed by atoms with Crippen LogP contribution in [0.4, 0.5) is 5.69 Å². The van der Waals surface area contributed by atoms with Gasteiger partial charge in [0.15, 0.2) is 23.0 Å². The summed E-state index contributed by atoms with van der Waals surface area (Å²) in [6, 6.07) is 10.8. The van der Waals surface area contributed by atoms with Gasteiger partial charge in [-0.1, -0.05) is 6.07 Å². The molecule has 2 aromatic rings. The molecule has 0 saturated heterocycles. The van der Waals surface area contributed by atoms with Crippen LogP contribution in [0.2, 0.25) is 0 Å². The van der Waals surface area contributed by atoms with Crippen LogP contribution in [-0.2, 0) is 11.2 Å². The number of methoxy groups -OCH3 is 2. The summed E-state index contributed by atoms with van der Waals surface area (Å²) in [6.45, 7) is 1.24. The normalized spacial score (nSPS) is 12.9. The van der Waals surface area contributed by atoms with E-state index < -0.39 is 0 Å². The lowest BCUT2D eigenvalue weighted by Gasteiger charge is -2.11. The number of rotatable bonds is 5. The summed E-state index contributed by atoms with van der Waals surface area (Å²) in [4.78, 5) is 12.3. The van der Waals surface area contributed by atoms with E-state index >= 15 is 0 Å². The topological polar surface area (TPSA) is 66.0 Å². The van der Waals surface area contributed by atoms with Crippen LogP contribution in [0.5, 0.6) is 23.0 Å². The van der Waals surface area contributed by atoms with Crippen LogP contribution in [0, 0.1) is 0 Å². The zero-order valence-corrected chi connectivity index (χ0v) is 14.3. The average molecular weight is 343 g/mol. The summed E-state index contributed by atoms with van der Waals surface area (Å²) in [5.74, 6) is 2.47. The van der Waals surface area contributed by atoms with Crippen LogP contribution < -0.4 is 24.3 Å². The maximum absolute atomic E-state index is 12.3. The molecule has 0 unspecified atom stereocenters. The second kappa shape index (κ2) is 7.79. The van der Waals surface area contributed by atoms with Crippen molar-refractivity contribution in [1.29, 1.82) is 0 Å². The van der Waals surface area contributed by atoms with Crippen molar-refractivity contribution in [3.63, 3.8) is 0 Å². The largest absolute Gasteiger partial charge is 0.493 e. The SMILES string of the molecule is COc1ccc(CC(=O)Nc2ccc3c(c2)OCCCO3)cc1OC. The highest BCUT2D eigenvalue weighted by Gasteiger charge is 2.13. The third-order valence-electron chi connectivity index (χ3n) is 3.84. The maximum Gasteiger partial charge on any atom is 0.228 e. The van der Waals surface area contributed by atoms with Crippen LogP contribution in [0.15, 0.2) is 36.4 Å². The van der Waals surface area contributed by atoms with E-state index in [1.54, 1.807) is 38.5 Å². The van der Waals surface area contributed by atoms with Crippen molar-refractivity contribution in [3.05, 3.63) is 42.0 Å². The zero-order valence-electron chi connectivity index (χ0n) is 14.3. The van der Waals surface area contributed by atoms with E-state index in [1.165, 1.54) is 0 Å². The molecule has 1 heterocycles. The molecule has 0 aromatic heterocycles. The molecule has 6 nitrogen and oxygen atoms in total. The van der Waals surface area contributed by atoms with Crippen molar-refractivity contribution in [2.24, 2.45) is 0 Å². The number of benzene rings is 2. The van der Waals surface area contributed by atoms with Gasteiger partial charge in [0.25, 0.3) is 0 Å². The molecule has 0 aliphatic carbocycles. The van der Waals surface area contributed by atoms with Gasteiger partial charge in [-0.15, -0.1) is 0 Å². The highest BCUT2D eigenvalue weighted by Crippen LogP contribution is 2.32. The summed E-state index contributed by atoms with van der Waals surface area (Å²) in [5, 5.41) is 2.88. The van der Waals surface area contributed by atoms with Gasteiger partial charge < -0.3 is 24.3 Å². The molecular weight excluding hydrogens is 322 g/mol. The van der Waals surface area contributed by atoms with Crippen molar-refractivity contribution in [1.82, 2.24) is 0 Å².